The second kappa shape index (κ2) is 11.3. The third-order valence-electron chi connectivity index (χ3n) is 3.86. The summed E-state index contributed by atoms with van der Waals surface area (Å²) >= 11 is 0.884. The molecule has 0 radical (unpaired) electrons. The maximum absolute atomic E-state index is 13.0. The van der Waals surface area contributed by atoms with Crippen molar-refractivity contribution in [1.82, 2.24) is 10.2 Å². The van der Waals surface area contributed by atoms with Crippen LogP contribution in [0.15, 0.2) is 0 Å². The minimum absolute atomic E-state index is 0.246. The van der Waals surface area contributed by atoms with E-state index >= 15 is 0 Å². The van der Waals surface area contributed by atoms with E-state index in [9.17, 15) is 19.2 Å². The lowest BCUT2D eigenvalue weighted by molar-refractivity contribution is -0.148. The topological polar surface area (TPSA) is 92.8 Å². The minimum atomic E-state index is -0.931. The predicted molar refractivity (Wildman–Crippen MR) is 107 cm³/mol. The van der Waals surface area contributed by atoms with E-state index in [4.69, 9.17) is 4.74 Å². The molecular formula is C19H34N2O5S. The van der Waals surface area contributed by atoms with Crippen molar-refractivity contribution in [2.45, 2.75) is 78.7 Å². The summed E-state index contributed by atoms with van der Waals surface area (Å²) in [6.07, 6.45) is -0.679. The van der Waals surface area contributed by atoms with E-state index < -0.39 is 21.9 Å². The maximum Gasteiger partial charge on any atom is 0.314 e. The Hall–Kier alpha value is -1.57. The number of ether oxygens (including phenoxy) is 1. The van der Waals surface area contributed by atoms with E-state index in [1.54, 1.807) is 46.4 Å². The molecule has 0 aliphatic rings. The molecule has 0 rings (SSSR count). The van der Waals surface area contributed by atoms with Gasteiger partial charge in [-0.05, 0) is 41.5 Å². The van der Waals surface area contributed by atoms with Gasteiger partial charge in [0, 0.05) is 23.8 Å². The Morgan fingerprint density at radius 2 is 1.56 bits per heavy atom. The van der Waals surface area contributed by atoms with Gasteiger partial charge in [-0.1, -0.05) is 25.6 Å². The Morgan fingerprint density at radius 1 is 1.04 bits per heavy atom. The molecule has 2 amide bonds. The molecule has 7 nitrogen and oxygen atoms in total. The Morgan fingerprint density at radius 3 is 1.96 bits per heavy atom. The van der Waals surface area contributed by atoms with Gasteiger partial charge >= 0.3 is 5.97 Å². The van der Waals surface area contributed by atoms with Gasteiger partial charge in [0.05, 0.1) is 6.10 Å². The van der Waals surface area contributed by atoms with Gasteiger partial charge in [-0.2, -0.15) is 0 Å². The first-order chi connectivity index (χ1) is 12.3. The quantitative estimate of drug-likeness (QED) is 0.445. The van der Waals surface area contributed by atoms with Crippen molar-refractivity contribution in [2.75, 3.05) is 13.1 Å². The zero-order valence-electron chi connectivity index (χ0n) is 17.8. The molecule has 0 aromatic carbocycles. The molecular weight excluding hydrogens is 368 g/mol. The molecule has 1 atom stereocenters. The van der Waals surface area contributed by atoms with Crippen LogP contribution in [0.4, 0.5) is 0 Å². The lowest BCUT2D eigenvalue weighted by Gasteiger charge is -2.36. The number of likely N-dealkylation sites (N-methyl/N-ethyl adjacent to an activating group) is 1. The molecule has 0 bridgehead atoms. The molecule has 1 unspecified atom stereocenters. The lowest BCUT2D eigenvalue weighted by Crippen LogP contribution is -2.58. The Kier molecular flexibility index (Phi) is 10.7. The van der Waals surface area contributed by atoms with Gasteiger partial charge in [0.1, 0.15) is 12.5 Å². The number of rotatable bonds is 10. The van der Waals surface area contributed by atoms with Crippen molar-refractivity contribution in [3.63, 3.8) is 0 Å². The largest absolute Gasteiger partial charge is 0.463 e. The Labute approximate surface area is 167 Å². The first-order valence-electron chi connectivity index (χ1n) is 9.36. The maximum atomic E-state index is 13.0. The lowest BCUT2D eigenvalue weighted by atomic mass is 10.0. The van der Waals surface area contributed by atoms with Gasteiger partial charge in [-0.15, -0.1) is 0 Å². The number of hydrogen-bond acceptors (Lipinski definition) is 6. The van der Waals surface area contributed by atoms with Crippen LogP contribution in [-0.2, 0) is 23.9 Å². The number of hydrogen-bond donors (Lipinski definition) is 1. The molecule has 27 heavy (non-hydrogen) atoms. The molecule has 0 spiro atoms. The average molecular weight is 403 g/mol. The van der Waals surface area contributed by atoms with E-state index in [1.807, 2.05) is 13.8 Å². The van der Waals surface area contributed by atoms with Crippen molar-refractivity contribution < 1.29 is 23.9 Å². The zero-order valence-corrected chi connectivity index (χ0v) is 18.6. The molecule has 0 aliphatic heterocycles. The van der Waals surface area contributed by atoms with Crippen LogP contribution in [0.2, 0.25) is 0 Å². The van der Waals surface area contributed by atoms with E-state index in [1.165, 1.54) is 0 Å². The van der Waals surface area contributed by atoms with E-state index in [0.717, 1.165) is 11.8 Å². The highest BCUT2D eigenvalue weighted by Crippen LogP contribution is 2.31. The number of carbonyl (C=O) groups excluding carboxylic acids is 4. The standard InChI is InChI=1S/C19H34N2O5S/c1-9-21(10-2)18(25)16(20-17(24)12(3)4)19(7,8)27-15(23)11-14(22)26-13(5)6/h12-13,16H,9-11H2,1-8H3,(H,20,24). The van der Waals surface area contributed by atoms with Gasteiger partial charge in [0.25, 0.3) is 0 Å². The molecule has 0 heterocycles. The van der Waals surface area contributed by atoms with Crippen LogP contribution in [-0.4, -0.2) is 57.8 Å². The number of thioether (sulfide) groups is 1. The molecule has 156 valence electrons. The highest BCUT2D eigenvalue weighted by molar-refractivity contribution is 8.14. The molecule has 1 N–H and O–H groups in total. The third-order valence-corrected chi connectivity index (χ3v) is 4.99. The summed E-state index contributed by atoms with van der Waals surface area (Å²) in [6, 6.07) is -0.887. The van der Waals surface area contributed by atoms with Crippen molar-refractivity contribution in [2.24, 2.45) is 5.92 Å². The Bertz CT molecular complexity index is 542. The van der Waals surface area contributed by atoms with Crippen LogP contribution in [0.5, 0.6) is 0 Å². The zero-order chi connectivity index (χ0) is 21.4. The van der Waals surface area contributed by atoms with E-state index in [2.05, 4.69) is 5.32 Å². The highest BCUT2D eigenvalue weighted by atomic mass is 32.2. The van der Waals surface area contributed by atoms with E-state index in [0.29, 0.717) is 13.1 Å². The van der Waals surface area contributed by atoms with Crippen LogP contribution in [0.25, 0.3) is 0 Å². The fraction of sp³-hybridized carbons (Fsp3) is 0.789. The van der Waals surface area contributed by atoms with Crippen molar-refractivity contribution in [1.29, 1.82) is 0 Å². The summed E-state index contributed by atoms with van der Waals surface area (Å²) in [4.78, 5) is 50.9. The summed E-state index contributed by atoms with van der Waals surface area (Å²) in [5, 5.41) is 2.38. The van der Waals surface area contributed by atoms with Crippen molar-refractivity contribution in [3.8, 4) is 0 Å². The number of esters is 1. The van der Waals surface area contributed by atoms with Gasteiger partial charge in [0.15, 0.2) is 0 Å². The fourth-order valence-electron chi connectivity index (χ4n) is 2.37. The molecule has 0 aromatic heterocycles. The Balaban J connectivity index is 5.40. The molecule has 0 saturated heterocycles. The first kappa shape index (κ1) is 25.4. The minimum Gasteiger partial charge on any atom is -0.463 e. The van der Waals surface area contributed by atoms with Crippen molar-refractivity contribution >= 4 is 34.7 Å². The van der Waals surface area contributed by atoms with Gasteiger partial charge < -0.3 is 15.0 Å². The van der Waals surface area contributed by atoms with Crippen LogP contribution in [0.1, 0.15) is 61.8 Å². The SMILES string of the molecule is CCN(CC)C(=O)C(NC(=O)C(C)C)C(C)(C)SC(=O)CC(=O)OC(C)C. The molecule has 0 aliphatic carbocycles. The molecule has 0 saturated carbocycles. The number of nitrogens with zero attached hydrogens (tertiary/aromatic N) is 1. The summed E-state index contributed by atoms with van der Waals surface area (Å²) in [7, 11) is 0. The predicted octanol–water partition coefficient (Wildman–Crippen LogP) is 2.38. The number of amides is 2. The second-order valence-electron chi connectivity index (χ2n) is 7.40. The molecule has 0 aromatic rings. The second-order valence-corrected chi connectivity index (χ2v) is 9.11. The smallest absolute Gasteiger partial charge is 0.314 e. The summed E-state index contributed by atoms with van der Waals surface area (Å²) in [5.41, 5.74) is 0. The monoisotopic (exact) mass is 402 g/mol. The van der Waals surface area contributed by atoms with Crippen LogP contribution < -0.4 is 5.32 Å². The third kappa shape index (κ3) is 8.77. The number of carbonyl (C=O) groups is 4. The fourth-order valence-corrected chi connectivity index (χ4v) is 3.42. The molecule has 8 heteroatoms. The van der Waals surface area contributed by atoms with Crippen LogP contribution in [0, 0.1) is 5.92 Å². The van der Waals surface area contributed by atoms with Gasteiger partial charge in [-0.25, -0.2) is 0 Å². The van der Waals surface area contributed by atoms with Gasteiger partial charge in [-0.3, -0.25) is 19.2 Å². The van der Waals surface area contributed by atoms with Crippen LogP contribution >= 0.6 is 11.8 Å². The average Bonchev–Trinajstić information content (AvgIpc) is 2.51. The normalized spacial score (nSPS) is 12.7. The van der Waals surface area contributed by atoms with E-state index in [-0.39, 0.29) is 30.3 Å². The van der Waals surface area contributed by atoms with Crippen molar-refractivity contribution in [3.05, 3.63) is 0 Å². The summed E-state index contributed by atoms with van der Waals surface area (Å²) < 4.78 is 4.06. The molecule has 0 fully saturated rings. The highest BCUT2D eigenvalue weighted by Gasteiger charge is 2.41. The van der Waals surface area contributed by atoms with Gasteiger partial charge in [0.2, 0.25) is 16.9 Å². The first-order valence-corrected chi connectivity index (χ1v) is 10.2. The van der Waals surface area contributed by atoms with Crippen LogP contribution in [0.3, 0.4) is 0 Å². The summed E-state index contributed by atoms with van der Waals surface area (Å²) in [5.74, 6) is -1.41. The summed E-state index contributed by atoms with van der Waals surface area (Å²) in [6.45, 7) is 15.0. The number of nitrogens with one attached hydrogen (secondary N) is 1.